The SMILES string of the molecule is CC(C)c1nsc(N(C)C(C)c2ccc(S(C)=O)cc2)n1. The monoisotopic (exact) mass is 323 g/mol. The second kappa shape index (κ2) is 6.66. The van der Waals surface area contributed by atoms with Crippen molar-refractivity contribution in [1.29, 1.82) is 0 Å². The van der Waals surface area contributed by atoms with E-state index in [1.54, 1.807) is 6.26 Å². The Kier molecular flexibility index (Phi) is 5.11. The Bertz CT molecular complexity index is 622. The van der Waals surface area contributed by atoms with Crippen LogP contribution in [0, 0.1) is 0 Å². The molecular formula is C15H21N3OS2. The summed E-state index contributed by atoms with van der Waals surface area (Å²) in [5, 5.41) is 0.925. The fourth-order valence-corrected chi connectivity index (χ4v) is 3.30. The molecule has 1 heterocycles. The van der Waals surface area contributed by atoms with E-state index in [4.69, 9.17) is 0 Å². The minimum Gasteiger partial charge on any atom is -0.343 e. The zero-order chi connectivity index (χ0) is 15.6. The standard InChI is InChI=1S/C15H21N3OS2/c1-10(2)14-16-15(20-17-14)18(4)11(3)12-6-8-13(9-7-12)21(5)19/h6-11H,1-5H3. The van der Waals surface area contributed by atoms with Gasteiger partial charge in [-0.15, -0.1) is 0 Å². The van der Waals surface area contributed by atoms with Gasteiger partial charge in [-0.25, -0.2) is 4.98 Å². The van der Waals surface area contributed by atoms with Crippen molar-refractivity contribution < 1.29 is 4.21 Å². The van der Waals surface area contributed by atoms with Gasteiger partial charge in [-0.2, -0.15) is 4.37 Å². The summed E-state index contributed by atoms with van der Waals surface area (Å²) in [4.78, 5) is 7.57. The van der Waals surface area contributed by atoms with Gasteiger partial charge in [0.1, 0.15) is 5.82 Å². The lowest BCUT2D eigenvalue weighted by Crippen LogP contribution is -2.21. The molecule has 2 rings (SSSR count). The zero-order valence-electron chi connectivity index (χ0n) is 13.0. The Labute approximate surface area is 132 Å². The van der Waals surface area contributed by atoms with Crippen LogP contribution in [0.15, 0.2) is 29.2 Å². The van der Waals surface area contributed by atoms with Gasteiger partial charge in [-0.05, 0) is 24.6 Å². The van der Waals surface area contributed by atoms with Crippen LogP contribution in [0.25, 0.3) is 0 Å². The first-order chi connectivity index (χ1) is 9.90. The molecule has 21 heavy (non-hydrogen) atoms. The summed E-state index contributed by atoms with van der Waals surface area (Å²) in [5.74, 6) is 1.24. The Morgan fingerprint density at radius 3 is 2.29 bits per heavy atom. The zero-order valence-corrected chi connectivity index (χ0v) is 14.7. The van der Waals surface area contributed by atoms with Crippen LogP contribution in [0.5, 0.6) is 0 Å². The summed E-state index contributed by atoms with van der Waals surface area (Å²) < 4.78 is 15.8. The highest BCUT2D eigenvalue weighted by atomic mass is 32.2. The third-order valence-corrected chi connectivity index (χ3v) is 5.28. The van der Waals surface area contributed by atoms with E-state index in [0.717, 1.165) is 15.9 Å². The maximum absolute atomic E-state index is 11.4. The summed E-state index contributed by atoms with van der Waals surface area (Å²) in [6.07, 6.45) is 1.69. The van der Waals surface area contributed by atoms with E-state index >= 15 is 0 Å². The molecule has 2 aromatic rings. The van der Waals surface area contributed by atoms with Crippen molar-refractivity contribution in [2.45, 2.75) is 37.6 Å². The third kappa shape index (κ3) is 3.68. The molecule has 0 saturated carbocycles. The molecule has 0 spiro atoms. The number of hydrogen-bond acceptors (Lipinski definition) is 5. The lowest BCUT2D eigenvalue weighted by molar-refractivity contribution is 0.686. The van der Waals surface area contributed by atoms with E-state index in [-0.39, 0.29) is 6.04 Å². The molecule has 1 aromatic heterocycles. The van der Waals surface area contributed by atoms with Crippen molar-refractivity contribution in [3.63, 3.8) is 0 Å². The van der Waals surface area contributed by atoms with E-state index in [2.05, 4.69) is 35.0 Å². The molecule has 0 fully saturated rings. The second-order valence-electron chi connectivity index (χ2n) is 5.40. The minimum atomic E-state index is -0.933. The topological polar surface area (TPSA) is 46.1 Å². The number of rotatable bonds is 5. The molecule has 0 aliphatic rings. The van der Waals surface area contributed by atoms with Crippen LogP contribution in [0.2, 0.25) is 0 Å². The lowest BCUT2D eigenvalue weighted by Gasteiger charge is -2.24. The Balaban J connectivity index is 2.17. The van der Waals surface area contributed by atoms with E-state index < -0.39 is 10.8 Å². The number of anilines is 1. The quantitative estimate of drug-likeness (QED) is 0.843. The minimum absolute atomic E-state index is 0.192. The van der Waals surface area contributed by atoms with Gasteiger partial charge in [0.15, 0.2) is 0 Å². The first-order valence-corrected chi connectivity index (χ1v) is 9.23. The van der Waals surface area contributed by atoms with E-state index in [9.17, 15) is 4.21 Å². The molecule has 2 atom stereocenters. The van der Waals surface area contributed by atoms with E-state index in [0.29, 0.717) is 5.92 Å². The van der Waals surface area contributed by atoms with Gasteiger partial charge in [0, 0.05) is 46.4 Å². The Hall–Kier alpha value is -1.27. The van der Waals surface area contributed by atoms with Crippen molar-refractivity contribution in [1.82, 2.24) is 9.36 Å². The van der Waals surface area contributed by atoms with Crippen molar-refractivity contribution in [2.75, 3.05) is 18.2 Å². The third-order valence-electron chi connectivity index (χ3n) is 3.52. The van der Waals surface area contributed by atoms with E-state index in [1.807, 2.05) is 31.3 Å². The van der Waals surface area contributed by atoms with Crippen LogP contribution < -0.4 is 4.90 Å². The second-order valence-corrected chi connectivity index (χ2v) is 7.51. The van der Waals surface area contributed by atoms with Crippen LogP contribution in [-0.4, -0.2) is 26.9 Å². The summed E-state index contributed by atoms with van der Waals surface area (Å²) >= 11 is 1.43. The van der Waals surface area contributed by atoms with Crippen molar-refractivity contribution in [3.8, 4) is 0 Å². The molecule has 0 amide bonds. The summed E-state index contributed by atoms with van der Waals surface area (Å²) in [6, 6.07) is 8.10. The van der Waals surface area contributed by atoms with Gasteiger partial charge < -0.3 is 4.90 Å². The fraction of sp³-hybridized carbons (Fsp3) is 0.467. The Morgan fingerprint density at radius 2 is 1.81 bits per heavy atom. The molecular weight excluding hydrogens is 302 g/mol. The summed E-state index contributed by atoms with van der Waals surface area (Å²) in [6.45, 7) is 6.33. The molecule has 0 bridgehead atoms. The average Bonchev–Trinajstić information content (AvgIpc) is 2.96. The lowest BCUT2D eigenvalue weighted by atomic mass is 10.1. The van der Waals surface area contributed by atoms with E-state index in [1.165, 1.54) is 17.1 Å². The normalized spacial score (nSPS) is 14.2. The van der Waals surface area contributed by atoms with Crippen LogP contribution in [0.1, 0.15) is 44.1 Å². The van der Waals surface area contributed by atoms with Crippen molar-refractivity contribution in [2.24, 2.45) is 0 Å². The molecule has 0 N–H and O–H groups in total. The molecule has 0 aliphatic carbocycles. The number of aromatic nitrogens is 2. The maximum Gasteiger partial charge on any atom is 0.205 e. The van der Waals surface area contributed by atoms with Crippen LogP contribution in [0.4, 0.5) is 5.13 Å². The van der Waals surface area contributed by atoms with Gasteiger partial charge in [0.05, 0.1) is 6.04 Å². The number of nitrogens with zero attached hydrogens (tertiary/aromatic N) is 3. The number of hydrogen-bond donors (Lipinski definition) is 0. The average molecular weight is 323 g/mol. The highest BCUT2D eigenvalue weighted by Crippen LogP contribution is 2.28. The van der Waals surface area contributed by atoms with Crippen molar-refractivity contribution >= 4 is 27.5 Å². The largest absolute Gasteiger partial charge is 0.343 e. The van der Waals surface area contributed by atoms with Crippen molar-refractivity contribution in [3.05, 3.63) is 35.7 Å². The van der Waals surface area contributed by atoms with Gasteiger partial charge in [0.2, 0.25) is 5.13 Å². The van der Waals surface area contributed by atoms with Crippen LogP contribution in [0.3, 0.4) is 0 Å². The molecule has 6 heteroatoms. The highest BCUT2D eigenvalue weighted by Gasteiger charge is 2.17. The van der Waals surface area contributed by atoms with Gasteiger partial charge in [-0.1, -0.05) is 26.0 Å². The molecule has 4 nitrogen and oxygen atoms in total. The van der Waals surface area contributed by atoms with Crippen LogP contribution in [-0.2, 0) is 10.8 Å². The summed E-state index contributed by atoms with van der Waals surface area (Å²) in [7, 11) is 1.10. The fourth-order valence-electron chi connectivity index (χ4n) is 1.93. The molecule has 0 radical (unpaired) electrons. The van der Waals surface area contributed by atoms with Gasteiger partial charge in [-0.3, -0.25) is 4.21 Å². The van der Waals surface area contributed by atoms with Crippen LogP contribution >= 0.6 is 11.5 Å². The van der Waals surface area contributed by atoms with Gasteiger partial charge in [0.25, 0.3) is 0 Å². The first-order valence-electron chi connectivity index (χ1n) is 6.90. The molecule has 114 valence electrons. The highest BCUT2D eigenvalue weighted by molar-refractivity contribution is 7.84. The predicted octanol–water partition coefficient (Wildman–Crippen LogP) is 3.60. The van der Waals surface area contributed by atoms with Gasteiger partial charge >= 0.3 is 0 Å². The predicted molar refractivity (Wildman–Crippen MR) is 89.6 cm³/mol. The first kappa shape index (κ1) is 16.1. The number of benzene rings is 1. The maximum atomic E-state index is 11.4. The smallest absolute Gasteiger partial charge is 0.205 e. The molecule has 2 unspecified atom stereocenters. The molecule has 0 saturated heterocycles. The summed E-state index contributed by atoms with van der Waals surface area (Å²) in [5.41, 5.74) is 1.17. The Morgan fingerprint density at radius 1 is 1.19 bits per heavy atom. The molecule has 0 aliphatic heterocycles. The molecule has 1 aromatic carbocycles.